The number of aryl methyl sites for hydroxylation is 1. The summed E-state index contributed by atoms with van der Waals surface area (Å²) in [6, 6.07) is 26.7. The van der Waals surface area contributed by atoms with Crippen molar-refractivity contribution in [2.24, 2.45) is 0 Å². The average Bonchev–Trinajstić information content (AvgIpc) is 3.25. The summed E-state index contributed by atoms with van der Waals surface area (Å²) in [7, 11) is 1.58. The number of aromatic nitrogens is 4. The molecule has 1 saturated heterocycles. The number of hydrogen-bond donors (Lipinski definition) is 3. The van der Waals surface area contributed by atoms with Crippen molar-refractivity contribution >= 4 is 50.6 Å². The monoisotopic (exact) mass is 763 g/mol. The van der Waals surface area contributed by atoms with Gasteiger partial charge in [0.15, 0.2) is 5.82 Å². The molecule has 3 N–H and O–H groups in total. The molecule has 1 amide bonds. The first-order valence-corrected chi connectivity index (χ1v) is 19.6. The van der Waals surface area contributed by atoms with Crippen molar-refractivity contribution in [1.82, 2.24) is 30.8 Å². The molecule has 4 aromatic carbocycles. The number of nitrogens with zero attached hydrogens (tertiary/aromatic N) is 4. The molecule has 9 rings (SSSR count). The van der Waals surface area contributed by atoms with E-state index >= 15 is 0 Å². The van der Waals surface area contributed by atoms with Crippen LogP contribution in [0.15, 0.2) is 103 Å². The second-order valence-electron chi connectivity index (χ2n) is 14.6. The number of halogens is 1. The lowest BCUT2D eigenvalue weighted by Gasteiger charge is -2.30. The zero-order valence-electron chi connectivity index (χ0n) is 31.3. The lowest BCUT2D eigenvalue weighted by Crippen LogP contribution is -2.50. The summed E-state index contributed by atoms with van der Waals surface area (Å²) in [5.41, 5.74) is 9.24. The molecule has 0 spiro atoms. The Kier molecular flexibility index (Phi) is 9.93. The first-order chi connectivity index (χ1) is 27.4. The fraction of sp³-hybridized carbons (Fsp3) is 0.267. The second-order valence-corrected chi connectivity index (χ2v) is 15.0. The van der Waals surface area contributed by atoms with Crippen LogP contribution >= 0.6 is 11.6 Å². The Morgan fingerprint density at radius 2 is 1.93 bits per heavy atom. The molecule has 3 aliphatic rings. The molecule has 2 aliphatic carbocycles. The summed E-state index contributed by atoms with van der Waals surface area (Å²) in [6.07, 6.45) is 8.92. The highest BCUT2D eigenvalue weighted by Crippen LogP contribution is 2.45. The van der Waals surface area contributed by atoms with E-state index < -0.39 is 0 Å². The number of hydrogen-bond acceptors (Lipinski definition) is 9. The molecule has 282 valence electrons. The van der Waals surface area contributed by atoms with E-state index in [1.54, 1.807) is 13.3 Å². The van der Waals surface area contributed by atoms with Gasteiger partial charge in [-0.3, -0.25) is 4.79 Å². The van der Waals surface area contributed by atoms with E-state index in [0.717, 1.165) is 53.5 Å². The Balaban J connectivity index is 0.998. The third-order valence-electron chi connectivity index (χ3n) is 11.2. The van der Waals surface area contributed by atoms with Crippen molar-refractivity contribution in [2.45, 2.75) is 50.8 Å². The Bertz CT molecular complexity index is 2550. The number of anilines is 1. The topological polar surface area (TPSA) is 123 Å². The van der Waals surface area contributed by atoms with Crippen LogP contribution in [0.1, 0.15) is 58.4 Å². The van der Waals surface area contributed by atoms with Crippen LogP contribution in [0.5, 0.6) is 5.75 Å². The third kappa shape index (κ3) is 7.00. The van der Waals surface area contributed by atoms with Crippen LogP contribution in [0, 0.1) is 0 Å². The normalized spacial score (nSPS) is 18.3. The molecule has 3 atom stereocenters. The SMILES string of the molecule is COc1ccc(CNc2nc(-c3ccc4cc(C5CC=CC6=C5CCc5c6ccc6ccccc56)nnc4c3)ncc2C(=O)NC(C)C2CNCCO2)cc1Cl. The number of ether oxygens (including phenoxy) is 2. The van der Waals surface area contributed by atoms with Crippen LogP contribution in [-0.4, -0.2) is 65.0 Å². The van der Waals surface area contributed by atoms with Crippen molar-refractivity contribution in [3.63, 3.8) is 0 Å². The van der Waals surface area contributed by atoms with E-state index in [0.29, 0.717) is 47.7 Å². The highest BCUT2D eigenvalue weighted by Gasteiger charge is 2.29. The third-order valence-corrected chi connectivity index (χ3v) is 11.5. The molecular weight excluding hydrogens is 722 g/mol. The number of fused-ring (bicyclic) bond motifs is 5. The van der Waals surface area contributed by atoms with Crippen LogP contribution in [0.3, 0.4) is 0 Å². The summed E-state index contributed by atoms with van der Waals surface area (Å²) < 4.78 is 11.2. The van der Waals surface area contributed by atoms with E-state index in [1.165, 1.54) is 33.0 Å². The molecule has 2 aromatic heterocycles. The van der Waals surface area contributed by atoms with Gasteiger partial charge in [-0.15, -0.1) is 0 Å². The molecule has 0 bridgehead atoms. The van der Waals surface area contributed by atoms with E-state index in [9.17, 15) is 4.79 Å². The lowest BCUT2D eigenvalue weighted by atomic mass is 9.74. The van der Waals surface area contributed by atoms with E-state index in [2.05, 4.69) is 81.6 Å². The van der Waals surface area contributed by atoms with E-state index in [1.807, 2.05) is 37.3 Å². The van der Waals surface area contributed by atoms with Gasteiger partial charge in [0, 0.05) is 42.7 Å². The second kappa shape index (κ2) is 15.5. The number of methoxy groups -OCH3 is 1. The minimum Gasteiger partial charge on any atom is -0.495 e. The molecule has 6 aromatic rings. The quantitative estimate of drug-likeness (QED) is 0.134. The first-order valence-electron chi connectivity index (χ1n) is 19.2. The number of morpholine rings is 1. The summed E-state index contributed by atoms with van der Waals surface area (Å²) in [5, 5.41) is 23.4. The van der Waals surface area contributed by atoms with E-state index in [4.69, 9.17) is 36.3 Å². The maximum Gasteiger partial charge on any atom is 0.256 e. The Morgan fingerprint density at radius 3 is 2.79 bits per heavy atom. The van der Waals surface area contributed by atoms with Gasteiger partial charge in [0.05, 0.1) is 42.1 Å². The van der Waals surface area contributed by atoms with Gasteiger partial charge >= 0.3 is 0 Å². The molecule has 1 aliphatic heterocycles. The summed E-state index contributed by atoms with van der Waals surface area (Å²) in [6.45, 7) is 4.36. The van der Waals surface area contributed by atoms with Crippen LogP contribution in [0.25, 0.3) is 38.6 Å². The highest BCUT2D eigenvalue weighted by molar-refractivity contribution is 6.32. The standard InChI is InChI=1S/C45H42ClN7O3/c1-26(42-25-47-18-19-56-42)50-45(54)37-24-49-43(51-44(37)48-23-27-10-17-41(55-2)38(46)20-27)30-12-11-29-21-40(53-52-39(29)22-30)36-9-5-8-32-34-14-13-28-6-3-4-7-31(28)33(34)15-16-35(32)36/h3-8,10-14,17,20-22,24,26,36,42,47H,9,15-16,18-19,23,25H2,1-2H3,(H,50,54)(H,48,49,51). The predicted molar refractivity (Wildman–Crippen MR) is 221 cm³/mol. The Morgan fingerprint density at radius 1 is 1.04 bits per heavy atom. The molecule has 0 radical (unpaired) electrons. The van der Waals surface area contributed by atoms with Gasteiger partial charge in [-0.25, -0.2) is 9.97 Å². The van der Waals surface area contributed by atoms with Gasteiger partial charge in [-0.1, -0.05) is 83.9 Å². The minimum absolute atomic E-state index is 0.140. The average molecular weight is 764 g/mol. The first kappa shape index (κ1) is 36.0. The number of rotatable bonds is 9. The molecule has 3 unspecified atom stereocenters. The van der Waals surface area contributed by atoms with E-state index in [-0.39, 0.29) is 24.0 Å². The summed E-state index contributed by atoms with van der Waals surface area (Å²) in [5.74, 6) is 1.32. The fourth-order valence-corrected chi connectivity index (χ4v) is 8.50. The number of benzene rings is 4. The Hall–Kier alpha value is -5.68. The summed E-state index contributed by atoms with van der Waals surface area (Å²) >= 11 is 6.42. The smallest absolute Gasteiger partial charge is 0.256 e. The lowest BCUT2D eigenvalue weighted by molar-refractivity contribution is 0.00860. The van der Waals surface area contributed by atoms with Crippen molar-refractivity contribution in [3.05, 3.63) is 136 Å². The van der Waals surface area contributed by atoms with Crippen molar-refractivity contribution < 1.29 is 14.3 Å². The molecule has 1 fully saturated rings. The zero-order valence-corrected chi connectivity index (χ0v) is 32.1. The van der Waals surface area contributed by atoms with Gasteiger partial charge in [0.1, 0.15) is 17.1 Å². The van der Waals surface area contributed by atoms with Crippen molar-refractivity contribution in [2.75, 3.05) is 32.1 Å². The predicted octanol–water partition coefficient (Wildman–Crippen LogP) is 8.06. The minimum atomic E-state index is -0.295. The number of allylic oxidation sites excluding steroid dienone is 4. The largest absolute Gasteiger partial charge is 0.495 e. The maximum atomic E-state index is 13.7. The molecule has 3 heterocycles. The molecule has 0 saturated carbocycles. The van der Waals surface area contributed by atoms with Gasteiger partial charge in [0.25, 0.3) is 5.91 Å². The summed E-state index contributed by atoms with van der Waals surface area (Å²) in [4.78, 5) is 23.2. The number of carbonyl (C=O) groups excluding carboxylic acids is 1. The van der Waals surface area contributed by atoms with Gasteiger partial charge in [-0.05, 0) is 83.5 Å². The zero-order chi connectivity index (χ0) is 38.2. The van der Waals surface area contributed by atoms with Gasteiger partial charge < -0.3 is 25.4 Å². The Labute approximate surface area is 330 Å². The fourth-order valence-electron chi connectivity index (χ4n) is 8.22. The highest BCUT2D eigenvalue weighted by atomic mass is 35.5. The van der Waals surface area contributed by atoms with Crippen LogP contribution in [0.2, 0.25) is 5.02 Å². The molecule has 10 nitrogen and oxygen atoms in total. The van der Waals surface area contributed by atoms with Crippen LogP contribution < -0.4 is 20.7 Å². The number of carbonyl (C=O) groups is 1. The molecule has 11 heteroatoms. The number of amides is 1. The number of nitrogens with one attached hydrogen (secondary N) is 3. The maximum absolute atomic E-state index is 13.7. The van der Waals surface area contributed by atoms with Crippen LogP contribution in [-0.2, 0) is 17.7 Å². The van der Waals surface area contributed by atoms with Crippen LogP contribution in [0.4, 0.5) is 5.82 Å². The van der Waals surface area contributed by atoms with Gasteiger partial charge in [0.2, 0.25) is 0 Å². The van der Waals surface area contributed by atoms with Crippen molar-refractivity contribution in [3.8, 4) is 17.1 Å². The molecular formula is C45H42ClN7O3. The molecule has 56 heavy (non-hydrogen) atoms. The van der Waals surface area contributed by atoms with Crippen molar-refractivity contribution in [1.29, 1.82) is 0 Å². The van der Waals surface area contributed by atoms with Gasteiger partial charge in [-0.2, -0.15) is 10.2 Å².